The van der Waals surface area contributed by atoms with Gasteiger partial charge in [0.05, 0.1) is 0 Å². The van der Waals surface area contributed by atoms with Crippen molar-refractivity contribution >= 4 is 17.9 Å². The highest BCUT2D eigenvalue weighted by Crippen LogP contribution is 2.16. The summed E-state index contributed by atoms with van der Waals surface area (Å²) in [7, 11) is 0. The maximum absolute atomic E-state index is 12.9. The number of hydrogen-bond donors (Lipinski definition) is 0. The predicted molar refractivity (Wildman–Crippen MR) is 302 cm³/mol. The summed E-state index contributed by atoms with van der Waals surface area (Å²) in [6.07, 6.45) is 73.5. The number of unbranched alkanes of at least 4 members (excludes halogenated alkanes) is 34. The van der Waals surface area contributed by atoms with Gasteiger partial charge in [-0.25, -0.2) is 0 Å². The van der Waals surface area contributed by atoms with Gasteiger partial charge in [0.1, 0.15) is 13.2 Å². The average Bonchev–Trinajstić information content (AvgIpc) is 3.36. The maximum Gasteiger partial charge on any atom is 0.306 e. The monoisotopic (exact) mass is 979 g/mol. The maximum atomic E-state index is 12.9. The number of carbonyl (C=O) groups is 3. The van der Waals surface area contributed by atoms with E-state index in [1.165, 1.54) is 173 Å². The fourth-order valence-corrected chi connectivity index (χ4v) is 8.66. The summed E-state index contributed by atoms with van der Waals surface area (Å²) in [4.78, 5) is 38.2. The predicted octanol–water partition coefficient (Wildman–Crippen LogP) is 20.4. The summed E-state index contributed by atoms with van der Waals surface area (Å²) >= 11 is 0. The van der Waals surface area contributed by atoms with E-state index in [4.69, 9.17) is 14.2 Å². The molecule has 0 aliphatic carbocycles. The molecule has 0 heterocycles. The van der Waals surface area contributed by atoms with Crippen LogP contribution in [0.5, 0.6) is 0 Å². The summed E-state index contributed by atoms with van der Waals surface area (Å²) in [5, 5.41) is 0. The van der Waals surface area contributed by atoms with Gasteiger partial charge in [-0.3, -0.25) is 14.4 Å². The van der Waals surface area contributed by atoms with Crippen LogP contribution in [0.2, 0.25) is 0 Å². The van der Waals surface area contributed by atoms with Crippen molar-refractivity contribution in [3.63, 3.8) is 0 Å². The Morgan fingerprint density at radius 3 is 0.843 bits per heavy atom. The van der Waals surface area contributed by atoms with Gasteiger partial charge >= 0.3 is 17.9 Å². The lowest BCUT2D eigenvalue weighted by Crippen LogP contribution is -2.30. The molecule has 0 saturated heterocycles. The minimum absolute atomic E-state index is 0.0832. The molecule has 0 N–H and O–H groups in total. The van der Waals surface area contributed by atoms with Crippen molar-refractivity contribution in [2.45, 2.75) is 316 Å². The highest BCUT2D eigenvalue weighted by molar-refractivity contribution is 5.71. The minimum Gasteiger partial charge on any atom is -0.462 e. The van der Waals surface area contributed by atoms with E-state index in [2.05, 4.69) is 81.5 Å². The minimum atomic E-state index is -0.784. The molecule has 0 fully saturated rings. The molecule has 0 spiro atoms. The Hall–Kier alpha value is -2.89. The van der Waals surface area contributed by atoms with Crippen molar-refractivity contribution in [2.75, 3.05) is 13.2 Å². The second kappa shape index (κ2) is 58.7. The average molecular weight is 980 g/mol. The van der Waals surface area contributed by atoms with Crippen LogP contribution in [-0.2, 0) is 28.6 Å². The molecule has 6 heteroatoms. The molecule has 0 bridgehead atoms. The SMILES string of the molecule is CCCCC/C=C\C/C=C\C/C=C\CCCCCCCCC(=O)OCC(COC(=O)CCCCCCC/C=C\C/C=C\CCCCCC)OC(=O)CCCCCCCCCCCCCCCCCCC. The van der Waals surface area contributed by atoms with Crippen LogP contribution in [0.15, 0.2) is 60.8 Å². The summed E-state index contributed by atoms with van der Waals surface area (Å²) in [6, 6.07) is 0. The third-order valence-electron chi connectivity index (χ3n) is 13.2. The number of carbonyl (C=O) groups excluding carboxylic acids is 3. The number of ether oxygens (including phenoxy) is 3. The summed E-state index contributed by atoms with van der Waals surface area (Å²) < 4.78 is 16.9. The van der Waals surface area contributed by atoms with Gasteiger partial charge in [-0.1, -0.05) is 261 Å². The van der Waals surface area contributed by atoms with Crippen molar-refractivity contribution < 1.29 is 28.6 Å². The second-order valence-corrected chi connectivity index (χ2v) is 20.3. The van der Waals surface area contributed by atoms with E-state index >= 15 is 0 Å². The lowest BCUT2D eigenvalue weighted by atomic mass is 10.0. The van der Waals surface area contributed by atoms with Gasteiger partial charge < -0.3 is 14.2 Å². The molecule has 0 aliphatic heterocycles. The molecule has 0 aromatic carbocycles. The van der Waals surface area contributed by atoms with Crippen LogP contribution < -0.4 is 0 Å². The first-order chi connectivity index (χ1) is 34.5. The van der Waals surface area contributed by atoms with Crippen LogP contribution in [-0.4, -0.2) is 37.2 Å². The first-order valence-corrected chi connectivity index (χ1v) is 30.3. The molecule has 1 atom stereocenters. The molecule has 0 amide bonds. The second-order valence-electron chi connectivity index (χ2n) is 20.3. The Kier molecular flexibility index (Phi) is 56.3. The lowest BCUT2D eigenvalue weighted by molar-refractivity contribution is -0.167. The zero-order chi connectivity index (χ0) is 50.7. The van der Waals surface area contributed by atoms with Crippen LogP contribution in [0.25, 0.3) is 0 Å². The molecule has 6 nitrogen and oxygen atoms in total. The fraction of sp³-hybridized carbons (Fsp3) is 0.797. The number of allylic oxidation sites excluding steroid dienone is 10. The quantitative estimate of drug-likeness (QED) is 0.0261. The molecule has 1 unspecified atom stereocenters. The molecule has 0 rings (SSSR count). The molecule has 0 aromatic rings. The van der Waals surface area contributed by atoms with Crippen molar-refractivity contribution in [3.05, 3.63) is 60.8 Å². The Morgan fingerprint density at radius 2 is 0.514 bits per heavy atom. The van der Waals surface area contributed by atoms with Crippen LogP contribution >= 0.6 is 0 Å². The zero-order valence-corrected chi connectivity index (χ0v) is 46.5. The van der Waals surface area contributed by atoms with E-state index in [1.54, 1.807) is 0 Å². The van der Waals surface area contributed by atoms with Crippen LogP contribution in [0, 0.1) is 0 Å². The summed E-state index contributed by atoms with van der Waals surface area (Å²) in [6.45, 7) is 6.61. The zero-order valence-electron chi connectivity index (χ0n) is 46.5. The van der Waals surface area contributed by atoms with Gasteiger partial charge in [0.2, 0.25) is 0 Å². The summed E-state index contributed by atoms with van der Waals surface area (Å²) in [5.41, 5.74) is 0. The van der Waals surface area contributed by atoms with Gasteiger partial charge in [-0.15, -0.1) is 0 Å². The normalized spacial score (nSPS) is 12.4. The molecule has 0 radical (unpaired) electrons. The smallest absolute Gasteiger partial charge is 0.306 e. The Labute approximate surface area is 434 Å². The van der Waals surface area contributed by atoms with Crippen LogP contribution in [0.3, 0.4) is 0 Å². The van der Waals surface area contributed by atoms with Crippen LogP contribution in [0.1, 0.15) is 310 Å². The lowest BCUT2D eigenvalue weighted by Gasteiger charge is -2.18. The van der Waals surface area contributed by atoms with Crippen molar-refractivity contribution in [3.8, 4) is 0 Å². The van der Waals surface area contributed by atoms with Gasteiger partial charge in [0.25, 0.3) is 0 Å². The molecular formula is C64H114O6. The van der Waals surface area contributed by atoms with Crippen LogP contribution in [0.4, 0.5) is 0 Å². The van der Waals surface area contributed by atoms with Crippen molar-refractivity contribution in [1.29, 1.82) is 0 Å². The Balaban J connectivity index is 4.40. The largest absolute Gasteiger partial charge is 0.462 e. The third-order valence-corrected chi connectivity index (χ3v) is 13.2. The van der Waals surface area contributed by atoms with E-state index in [1.807, 2.05) is 0 Å². The van der Waals surface area contributed by atoms with E-state index in [0.29, 0.717) is 19.3 Å². The number of rotatable bonds is 55. The van der Waals surface area contributed by atoms with Gasteiger partial charge in [-0.2, -0.15) is 0 Å². The van der Waals surface area contributed by atoms with Crippen molar-refractivity contribution in [1.82, 2.24) is 0 Å². The highest BCUT2D eigenvalue weighted by Gasteiger charge is 2.19. The van der Waals surface area contributed by atoms with Gasteiger partial charge in [0.15, 0.2) is 6.10 Å². The van der Waals surface area contributed by atoms with Gasteiger partial charge in [0, 0.05) is 19.3 Å². The molecule has 0 aliphatic rings. The topological polar surface area (TPSA) is 78.9 Å². The standard InChI is InChI=1S/C64H114O6/c1-4-7-10-13-16-19-22-25-28-31-32-34-36-39-42-45-48-51-54-57-63(66)69-60-61(59-68-62(65)56-53-50-47-44-41-38-35-30-27-24-21-18-15-12-9-6-3)70-64(67)58-55-52-49-46-43-40-37-33-29-26-23-20-17-14-11-8-5-2/h16,19,21,24-25,28,30,32,34-35,61H,4-15,17-18,20,22-23,26-27,29,31,33,36-60H2,1-3H3/b19-16-,24-21-,28-25-,34-32-,35-30-. The molecular weight excluding hydrogens is 865 g/mol. The molecule has 406 valence electrons. The van der Waals surface area contributed by atoms with E-state index in [9.17, 15) is 14.4 Å². The first kappa shape index (κ1) is 67.1. The molecule has 70 heavy (non-hydrogen) atoms. The summed E-state index contributed by atoms with van der Waals surface area (Å²) in [5.74, 6) is -0.892. The van der Waals surface area contributed by atoms with E-state index < -0.39 is 6.10 Å². The fourth-order valence-electron chi connectivity index (χ4n) is 8.66. The van der Waals surface area contributed by atoms with E-state index in [0.717, 1.165) is 96.3 Å². The Bertz CT molecular complexity index is 1260. The first-order valence-electron chi connectivity index (χ1n) is 30.3. The molecule has 0 saturated carbocycles. The molecule has 0 aromatic heterocycles. The third kappa shape index (κ3) is 56.0. The Morgan fingerprint density at radius 1 is 0.286 bits per heavy atom. The van der Waals surface area contributed by atoms with E-state index in [-0.39, 0.29) is 31.1 Å². The number of hydrogen-bond acceptors (Lipinski definition) is 6. The highest BCUT2D eigenvalue weighted by atomic mass is 16.6. The van der Waals surface area contributed by atoms with Crippen molar-refractivity contribution in [2.24, 2.45) is 0 Å². The van der Waals surface area contributed by atoms with Gasteiger partial charge in [-0.05, 0) is 89.9 Å². The number of esters is 3.